The van der Waals surface area contributed by atoms with Gasteiger partial charge in [0.05, 0.1) is 5.75 Å². The van der Waals surface area contributed by atoms with Crippen molar-refractivity contribution in [1.82, 2.24) is 5.32 Å². The number of carboxylic acids is 1. The van der Waals surface area contributed by atoms with Gasteiger partial charge in [-0.1, -0.05) is 59.6 Å². The summed E-state index contributed by atoms with van der Waals surface area (Å²) in [5, 5.41) is 12.1. The maximum absolute atomic E-state index is 12.5. The van der Waals surface area contributed by atoms with E-state index in [-0.39, 0.29) is 18.2 Å². The molecular weight excluding hydrogens is 369 g/mol. The Morgan fingerprint density at radius 3 is 2.46 bits per heavy atom. The van der Waals surface area contributed by atoms with Crippen LogP contribution in [0.3, 0.4) is 0 Å². The lowest BCUT2D eigenvalue weighted by molar-refractivity contribution is -0.133. The maximum atomic E-state index is 12.5. The van der Waals surface area contributed by atoms with Crippen LogP contribution in [0, 0.1) is 0 Å². The first-order valence-electron chi connectivity index (χ1n) is 7.07. The minimum Gasteiger partial charge on any atom is -0.481 e. The van der Waals surface area contributed by atoms with Crippen molar-refractivity contribution in [2.75, 3.05) is 5.75 Å². The maximum Gasteiger partial charge on any atom is 0.313 e. The summed E-state index contributed by atoms with van der Waals surface area (Å²) in [5.74, 6) is -1.39. The number of carbonyl (C=O) groups excluding carboxylic acids is 1. The predicted molar refractivity (Wildman–Crippen MR) is 97.6 cm³/mol. The van der Waals surface area contributed by atoms with Crippen LogP contribution in [0.5, 0.6) is 0 Å². The summed E-state index contributed by atoms with van der Waals surface area (Å²) in [5.41, 5.74) is 1.49. The van der Waals surface area contributed by atoms with Gasteiger partial charge in [-0.05, 0) is 23.3 Å². The molecular formula is C17H15Cl2NO3S. The average Bonchev–Trinajstić information content (AvgIpc) is 2.55. The number of aliphatic carboxylic acids is 1. The number of nitrogens with one attached hydrogen (secondary N) is 1. The van der Waals surface area contributed by atoms with Crippen molar-refractivity contribution in [3.05, 3.63) is 69.7 Å². The van der Waals surface area contributed by atoms with Crippen LogP contribution in [0.4, 0.5) is 0 Å². The van der Waals surface area contributed by atoms with E-state index in [4.69, 9.17) is 28.3 Å². The summed E-state index contributed by atoms with van der Waals surface area (Å²) in [6, 6.07) is 14.1. The average molecular weight is 384 g/mol. The van der Waals surface area contributed by atoms with Crippen molar-refractivity contribution in [3.63, 3.8) is 0 Å². The van der Waals surface area contributed by atoms with E-state index >= 15 is 0 Å². The summed E-state index contributed by atoms with van der Waals surface area (Å²) >= 11 is 13.0. The Balaban J connectivity index is 2.08. The zero-order valence-electron chi connectivity index (χ0n) is 12.5. The zero-order chi connectivity index (χ0) is 17.5. The quantitative estimate of drug-likeness (QED) is 0.752. The largest absolute Gasteiger partial charge is 0.481 e. The number of amides is 1. The third-order valence-corrected chi connectivity index (χ3v) is 5.00. The Hall–Kier alpha value is -1.69. The number of hydrogen-bond acceptors (Lipinski definition) is 3. The van der Waals surface area contributed by atoms with E-state index in [2.05, 4.69) is 5.32 Å². The molecule has 0 saturated heterocycles. The normalized spacial score (nSPS) is 11.8. The first-order valence-corrected chi connectivity index (χ1v) is 8.88. The van der Waals surface area contributed by atoms with Crippen LogP contribution >= 0.6 is 35.0 Å². The van der Waals surface area contributed by atoms with Gasteiger partial charge in [-0.3, -0.25) is 9.59 Å². The Bertz CT molecular complexity index is 725. The lowest BCUT2D eigenvalue weighted by Crippen LogP contribution is -2.28. The summed E-state index contributed by atoms with van der Waals surface area (Å²) in [6.45, 7) is 0.242. The van der Waals surface area contributed by atoms with Crippen LogP contribution in [0.2, 0.25) is 10.0 Å². The molecule has 0 aromatic heterocycles. The van der Waals surface area contributed by atoms with E-state index in [1.807, 2.05) is 18.2 Å². The number of benzene rings is 2. The molecule has 2 rings (SSSR count). The molecule has 0 radical (unpaired) electrons. The predicted octanol–water partition coefficient (Wildman–Crippen LogP) is 4.17. The Kier molecular flexibility index (Phi) is 6.97. The Morgan fingerprint density at radius 1 is 1.12 bits per heavy atom. The summed E-state index contributed by atoms with van der Waals surface area (Å²) in [4.78, 5) is 23.3. The number of carboxylic acid groups (broad SMARTS) is 1. The molecule has 24 heavy (non-hydrogen) atoms. The van der Waals surface area contributed by atoms with Crippen LogP contribution in [0.25, 0.3) is 0 Å². The molecule has 126 valence electrons. The van der Waals surface area contributed by atoms with Crippen molar-refractivity contribution in [1.29, 1.82) is 0 Å². The fourth-order valence-corrected chi connectivity index (χ4v) is 3.41. The molecule has 1 atom stereocenters. The van der Waals surface area contributed by atoms with E-state index in [1.54, 1.807) is 30.3 Å². The number of thioether (sulfide) groups is 1. The van der Waals surface area contributed by atoms with Crippen LogP contribution in [-0.4, -0.2) is 22.7 Å². The van der Waals surface area contributed by atoms with Gasteiger partial charge in [0, 0.05) is 16.6 Å². The first-order chi connectivity index (χ1) is 11.5. The van der Waals surface area contributed by atoms with Crippen molar-refractivity contribution >= 4 is 46.8 Å². The number of halogens is 2. The smallest absolute Gasteiger partial charge is 0.313 e. The molecule has 2 N–H and O–H groups in total. The van der Waals surface area contributed by atoms with Crippen LogP contribution in [0.1, 0.15) is 16.4 Å². The van der Waals surface area contributed by atoms with Gasteiger partial charge in [-0.2, -0.15) is 0 Å². The van der Waals surface area contributed by atoms with Crippen LogP contribution < -0.4 is 5.32 Å². The molecule has 2 aromatic rings. The third kappa shape index (κ3) is 5.44. The van der Waals surface area contributed by atoms with Crippen molar-refractivity contribution in [2.24, 2.45) is 0 Å². The molecule has 0 aliphatic rings. The SMILES string of the molecule is O=C(O)CSC(C(=O)NCc1ccc(Cl)cc1Cl)c1ccccc1. The molecule has 4 nitrogen and oxygen atoms in total. The van der Waals surface area contributed by atoms with Crippen molar-refractivity contribution in [3.8, 4) is 0 Å². The second-order valence-corrected chi connectivity index (χ2v) is 6.89. The van der Waals surface area contributed by atoms with Crippen molar-refractivity contribution in [2.45, 2.75) is 11.8 Å². The topological polar surface area (TPSA) is 66.4 Å². The molecule has 2 aromatic carbocycles. The van der Waals surface area contributed by atoms with Gasteiger partial charge >= 0.3 is 5.97 Å². The lowest BCUT2D eigenvalue weighted by atomic mass is 10.1. The molecule has 0 fully saturated rings. The van der Waals surface area contributed by atoms with Gasteiger partial charge in [0.1, 0.15) is 5.25 Å². The van der Waals surface area contributed by atoms with E-state index < -0.39 is 11.2 Å². The van der Waals surface area contributed by atoms with E-state index in [9.17, 15) is 9.59 Å². The van der Waals surface area contributed by atoms with Gasteiger partial charge in [-0.15, -0.1) is 11.8 Å². The first kappa shape index (κ1) is 18.6. The highest BCUT2D eigenvalue weighted by Crippen LogP contribution is 2.29. The molecule has 7 heteroatoms. The monoisotopic (exact) mass is 383 g/mol. The third-order valence-electron chi connectivity index (χ3n) is 3.18. The van der Waals surface area contributed by atoms with Gasteiger partial charge in [0.2, 0.25) is 5.91 Å². The number of hydrogen-bond donors (Lipinski definition) is 2. The van der Waals surface area contributed by atoms with Crippen LogP contribution in [-0.2, 0) is 16.1 Å². The van der Waals surface area contributed by atoms with Gasteiger partial charge in [-0.25, -0.2) is 0 Å². The van der Waals surface area contributed by atoms with Gasteiger partial charge in [0.15, 0.2) is 0 Å². The fraction of sp³-hybridized carbons (Fsp3) is 0.176. The molecule has 0 spiro atoms. The van der Waals surface area contributed by atoms with E-state index in [1.165, 1.54) is 0 Å². The molecule has 0 saturated carbocycles. The number of carbonyl (C=O) groups is 2. The molecule has 0 aliphatic carbocycles. The van der Waals surface area contributed by atoms with E-state index in [0.717, 1.165) is 22.9 Å². The Morgan fingerprint density at radius 2 is 1.83 bits per heavy atom. The molecule has 1 unspecified atom stereocenters. The van der Waals surface area contributed by atoms with E-state index in [0.29, 0.717) is 10.0 Å². The molecule has 0 aliphatic heterocycles. The lowest BCUT2D eigenvalue weighted by Gasteiger charge is -2.16. The highest BCUT2D eigenvalue weighted by atomic mass is 35.5. The van der Waals surface area contributed by atoms with Crippen molar-refractivity contribution < 1.29 is 14.7 Å². The number of rotatable bonds is 7. The second-order valence-electron chi connectivity index (χ2n) is 4.95. The summed E-state index contributed by atoms with van der Waals surface area (Å²) in [6.07, 6.45) is 0. The summed E-state index contributed by atoms with van der Waals surface area (Å²) in [7, 11) is 0. The highest BCUT2D eigenvalue weighted by molar-refractivity contribution is 8.00. The van der Waals surface area contributed by atoms with Crippen LogP contribution in [0.15, 0.2) is 48.5 Å². The highest BCUT2D eigenvalue weighted by Gasteiger charge is 2.22. The second kappa shape index (κ2) is 8.97. The van der Waals surface area contributed by atoms with Gasteiger partial charge in [0.25, 0.3) is 0 Å². The zero-order valence-corrected chi connectivity index (χ0v) is 14.9. The Labute approximate surface area is 154 Å². The molecule has 0 bridgehead atoms. The molecule has 1 amide bonds. The molecule has 0 heterocycles. The summed E-state index contributed by atoms with van der Waals surface area (Å²) < 4.78 is 0. The minimum absolute atomic E-state index is 0.158. The van der Waals surface area contributed by atoms with Gasteiger partial charge < -0.3 is 10.4 Å². The standard InChI is InChI=1S/C17H15Cl2NO3S/c18-13-7-6-12(14(19)8-13)9-20-17(23)16(24-10-15(21)22)11-4-2-1-3-5-11/h1-8,16H,9-10H2,(H,20,23)(H,21,22). The fourth-order valence-electron chi connectivity index (χ4n) is 2.05. The minimum atomic E-state index is -0.963.